The average Bonchev–Trinajstić information content (AvgIpc) is 2.77. The van der Waals surface area contributed by atoms with Gasteiger partial charge in [0.15, 0.2) is 0 Å². The lowest BCUT2D eigenvalue weighted by atomic mass is 10.0. The van der Waals surface area contributed by atoms with Crippen LogP contribution in [0.25, 0.3) is 0 Å². The van der Waals surface area contributed by atoms with Crippen LogP contribution in [-0.2, 0) is 10.2 Å². The zero-order chi connectivity index (χ0) is 10.3. The largest absolute Gasteiger partial charge is 0.481 e. The predicted molar refractivity (Wildman–Crippen MR) is 53.7 cm³/mol. The van der Waals surface area contributed by atoms with Gasteiger partial charge in [0.1, 0.15) is 5.41 Å². The second kappa shape index (κ2) is 2.77. The molecule has 76 valence electrons. The molecule has 0 atom stereocenters. The summed E-state index contributed by atoms with van der Waals surface area (Å²) in [5.41, 5.74) is 1.23. The molecule has 0 saturated heterocycles. The molecule has 4 nitrogen and oxygen atoms in total. The van der Waals surface area contributed by atoms with E-state index in [1.807, 2.05) is 31.3 Å². The lowest BCUT2D eigenvalue weighted by molar-refractivity contribution is -0.140. The molecule has 0 spiro atoms. The van der Waals surface area contributed by atoms with Gasteiger partial charge in [-0.25, -0.2) is 0 Å². The molecule has 1 aromatic heterocycles. The number of aromatic amines is 1. The molecule has 2 rings (SSSR count). The first-order valence-electron chi connectivity index (χ1n) is 4.66. The maximum absolute atomic E-state index is 11.0. The van der Waals surface area contributed by atoms with Gasteiger partial charge in [-0.05, 0) is 18.9 Å². The summed E-state index contributed by atoms with van der Waals surface area (Å²) in [6.45, 7) is 0. The maximum atomic E-state index is 11.0. The first kappa shape index (κ1) is 9.12. The third kappa shape index (κ3) is 1.18. The fourth-order valence-electron chi connectivity index (χ4n) is 1.64. The molecule has 0 unspecified atom stereocenters. The highest BCUT2D eigenvalue weighted by molar-refractivity contribution is 5.84. The highest BCUT2D eigenvalue weighted by atomic mass is 16.4. The number of hydrogen-bond donors (Lipinski definition) is 2. The first-order chi connectivity index (χ1) is 6.56. The third-order valence-electron chi connectivity index (χ3n) is 2.86. The van der Waals surface area contributed by atoms with Crippen LogP contribution < -0.4 is 4.90 Å². The number of rotatable bonds is 3. The molecule has 1 aromatic rings. The molecule has 1 aliphatic carbocycles. The molecule has 1 heterocycles. The van der Waals surface area contributed by atoms with Crippen molar-refractivity contribution in [2.24, 2.45) is 0 Å². The van der Waals surface area contributed by atoms with E-state index in [-0.39, 0.29) is 0 Å². The van der Waals surface area contributed by atoms with Crippen LogP contribution in [0.4, 0.5) is 5.69 Å². The van der Waals surface area contributed by atoms with Crippen molar-refractivity contribution in [3.8, 4) is 0 Å². The van der Waals surface area contributed by atoms with E-state index in [9.17, 15) is 4.79 Å². The average molecular weight is 194 g/mol. The molecular weight excluding hydrogens is 180 g/mol. The number of carboxylic acid groups (broad SMARTS) is 1. The van der Waals surface area contributed by atoms with E-state index in [0.717, 1.165) is 24.2 Å². The van der Waals surface area contributed by atoms with Crippen LogP contribution in [0.5, 0.6) is 0 Å². The fraction of sp³-hybridized carbons (Fsp3) is 0.500. The van der Waals surface area contributed by atoms with Gasteiger partial charge in [0.2, 0.25) is 0 Å². The zero-order valence-electron chi connectivity index (χ0n) is 8.37. The SMILES string of the molecule is CN(C)c1c[nH]c(C2(C(=O)O)CC2)c1. The van der Waals surface area contributed by atoms with E-state index in [2.05, 4.69) is 4.98 Å². The minimum atomic E-state index is -0.718. The van der Waals surface area contributed by atoms with Gasteiger partial charge in [-0.1, -0.05) is 0 Å². The second-order valence-corrected chi connectivity index (χ2v) is 4.05. The molecule has 2 N–H and O–H groups in total. The van der Waals surface area contributed by atoms with Crippen LogP contribution in [0.15, 0.2) is 12.3 Å². The summed E-state index contributed by atoms with van der Waals surface area (Å²) in [6.07, 6.45) is 3.34. The zero-order valence-corrected chi connectivity index (χ0v) is 8.37. The fourth-order valence-corrected chi connectivity index (χ4v) is 1.64. The number of H-pyrrole nitrogens is 1. The van der Waals surface area contributed by atoms with Crippen molar-refractivity contribution < 1.29 is 9.90 Å². The molecule has 0 aliphatic heterocycles. The molecule has 0 aromatic carbocycles. The molecule has 14 heavy (non-hydrogen) atoms. The highest BCUT2D eigenvalue weighted by Crippen LogP contribution is 2.48. The van der Waals surface area contributed by atoms with E-state index in [1.165, 1.54) is 0 Å². The predicted octanol–water partition coefficient (Wildman–Crippen LogP) is 1.20. The molecule has 0 bridgehead atoms. The Morgan fingerprint density at radius 1 is 1.57 bits per heavy atom. The van der Waals surface area contributed by atoms with E-state index in [4.69, 9.17) is 5.11 Å². The van der Waals surface area contributed by atoms with E-state index in [0.29, 0.717) is 0 Å². The summed E-state index contributed by atoms with van der Waals surface area (Å²) in [6, 6.07) is 1.92. The van der Waals surface area contributed by atoms with Crippen molar-refractivity contribution in [3.63, 3.8) is 0 Å². The van der Waals surface area contributed by atoms with Crippen LogP contribution in [0.3, 0.4) is 0 Å². The number of carbonyl (C=O) groups is 1. The summed E-state index contributed by atoms with van der Waals surface area (Å²) in [5, 5.41) is 9.07. The molecule has 1 saturated carbocycles. The molecule has 4 heteroatoms. The Balaban J connectivity index is 2.30. The summed E-state index contributed by atoms with van der Waals surface area (Å²) in [4.78, 5) is 16.0. The summed E-state index contributed by atoms with van der Waals surface area (Å²) >= 11 is 0. The third-order valence-corrected chi connectivity index (χ3v) is 2.86. The van der Waals surface area contributed by atoms with E-state index >= 15 is 0 Å². The van der Waals surface area contributed by atoms with E-state index < -0.39 is 11.4 Å². The normalized spacial score (nSPS) is 17.9. The quantitative estimate of drug-likeness (QED) is 0.760. The van der Waals surface area contributed by atoms with Gasteiger partial charge in [-0.3, -0.25) is 4.79 Å². The molecule has 1 aliphatic rings. The number of nitrogens with zero attached hydrogens (tertiary/aromatic N) is 1. The Morgan fingerprint density at radius 3 is 2.57 bits per heavy atom. The van der Waals surface area contributed by atoms with Gasteiger partial charge in [0.25, 0.3) is 0 Å². The first-order valence-corrected chi connectivity index (χ1v) is 4.66. The van der Waals surface area contributed by atoms with Crippen LogP contribution in [0.2, 0.25) is 0 Å². The van der Waals surface area contributed by atoms with Gasteiger partial charge < -0.3 is 15.0 Å². The molecule has 0 radical (unpaired) electrons. The molecular formula is C10H14N2O2. The van der Waals surface area contributed by atoms with Gasteiger partial charge in [0, 0.05) is 26.0 Å². The van der Waals surface area contributed by atoms with E-state index in [1.54, 1.807) is 0 Å². The number of nitrogens with one attached hydrogen (secondary N) is 1. The molecule has 1 fully saturated rings. The topological polar surface area (TPSA) is 56.3 Å². The van der Waals surface area contributed by atoms with Crippen LogP contribution >= 0.6 is 0 Å². The number of aromatic nitrogens is 1. The van der Waals surface area contributed by atoms with Gasteiger partial charge in [0.05, 0.1) is 5.69 Å². The van der Waals surface area contributed by atoms with Crippen molar-refractivity contribution in [1.29, 1.82) is 0 Å². The van der Waals surface area contributed by atoms with Gasteiger partial charge in [-0.2, -0.15) is 0 Å². The van der Waals surface area contributed by atoms with Crippen LogP contribution in [0.1, 0.15) is 18.5 Å². The maximum Gasteiger partial charge on any atom is 0.315 e. The Morgan fingerprint density at radius 2 is 2.21 bits per heavy atom. The summed E-state index contributed by atoms with van der Waals surface area (Å²) in [7, 11) is 3.88. The van der Waals surface area contributed by atoms with Gasteiger partial charge in [-0.15, -0.1) is 0 Å². The minimum absolute atomic E-state index is 0.617. The smallest absolute Gasteiger partial charge is 0.315 e. The number of anilines is 1. The van der Waals surface area contributed by atoms with Crippen molar-refractivity contribution >= 4 is 11.7 Å². The standard InChI is InChI=1S/C10H14N2O2/c1-12(2)7-5-8(11-6-7)10(3-4-10)9(13)14/h5-6,11H,3-4H2,1-2H3,(H,13,14). The highest BCUT2D eigenvalue weighted by Gasteiger charge is 2.52. The Hall–Kier alpha value is -1.45. The lowest BCUT2D eigenvalue weighted by Crippen LogP contribution is -2.19. The number of aliphatic carboxylic acids is 1. The Kier molecular flexibility index (Phi) is 1.80. The van der Waals surface area contributed by atoms with Crippen LogP contribution in [-0.4, -0.2) is 30.2 Å². The lowest BCUT2D eigenvalue weighted by Gasteiger charge is -2.09. The summed E-state index contributed by atoms with van der Waals surface area (Å²) in [5.74, 6) is -0.718. The number of carboxylic acids is 1. The van der Waals surface area contributed by atoms with Gasteiger partial charge >= 0.3 is 5.97 Å². The minimum Gasteiger partial charge on any atom is -0.481 e. The van der Waals surface area contributed by atoms with Crippen molar-refractivity contribution in [3.05, 3.63) is 18.0 Å². The summed E-state index contributed by atoms with van der Waals surface area (Å²) < 4.78 is 0. The monoisotopic (exact) mass is 194 g/mol. The van der Waals surface area contributed by atoms with Crippen LogP contribution in [0, 0.1) is 0 Å². The second-order valence-electron chi connectivity index (χ2n) is 4.05. The van der Waals surface area contributed by atoms with Crippen molar-refractivity contribution in [2.45, 2.75) is 18.3 Å². The van der Waals surface area contributed by atoms with Crippen molar-refractivity contribution in [1.82, 2.24) is 4.98 Å². The van der Waals surface area contributed by atoms with Crippen molar-refractivity contribution in [2.75, 3.05) is 19.0 Å². The molecule has 0 amide bonds. The number of hydrogen-bond acceptors (Lipinski definition) is 2. The Labute approximate surface area is 82.5 Å². The Bertz CT molecular complexity index is 364.